The molecule has 6 nitrogen and oxygen atoms in total. The van der Waals surface area contributed by atoms with Crippen LogP contribution in [0.3, 0.4) is 0 Å². The standard InChI is InChI=1S/C13H25N3O3S/c1-4-15(8-12-7-11(2)19-10-12)6-5-14-13(20-3)9-16(17)18/h9,11-12,14H,4-8,10H2,1-3H3. The zero-order chi connectivity index (χ0) is 15.0. The van der Waals surface area contributed by atoms with Gasteiger partial charge in [0.2, 0.25) is 0 Å². The molecule has 1 fully saturated rings. The number of hydrogen-bond acceptors (Lipinski definition) is 6. The average molecular weight is 303 g/mol. The number of thioether (sulfide) groups is 1. The summed E-state index contributed by atoms with van der Waals surface area (Å²) < 4.78 is 5.58. The molecule has 0 amide bonds. The van der Waals surface area contributed by atoms with Gasteiger partial charge in [0.1, 0.15) is 5.03 Å². The van der Waals surface area contributed by atoms with E-state index in [1.54, 1.807) is 0 Å². The van der Waals surface area contributed by atoms with Crippen molar-refractivity contribution >= 4 is 11.8 Å². The van der Waals surface area contributed by atoms with Crippen molar-refractivity contribution in [1.82, 2.24) is 10.2 Å². The number of nitro groups is 1. The number of nitrogens with one attached hydrogen (secondary N) is 1. The second-order valence-electron chi connectivity index (χ2n) is 5.05. The molecule has 116 valence electrons. The Hall–Kier alpha value is -0.790. The molecule has 1 aliphatic heterocycles. The molecule has 0 aromatic heterocycles. The molecule has 1 heterocycles. The van der Waals surface area contributed by atoms with Crippen molar-refractivity contribution in [1.29, 1.82) is 0 Å². The molecule has 1 aliphatic rings. The summed E-state index contributed by atoms with van der Waals surface area (Å²) in [6, 6.07) is 0. The maximum Gasteiger partial charge on any atom is 0.263 e. The van der Waals surface area contributed by atoms with Gasteiger partial charge in [-0.25, -0.2) is 0 Å². The van der Waals surface area contributed by atoms with Crippen molar-refractivity contribution in [3.8, 4) is 0 Å². The average Bonchev–Trinajstić information content (AvgIpc) is 2.81. The first-order valence-electron chi connectivity index (χ1n) is 7.02. The molecule has 1 saturated heterocycles. The van der Waals surface area contributed by atoms with Crippen LogP contribution in [0, 0.1) is 16.0 Å². The SMILES string of the molecule is CCN(CCNC(=C[N+](=O)[O-])SC)CC1COC(C)C1. The monoisotopic (exact) mass is 303 g/mol. The summed E-state index contributed by atoms with van der Waals surface area (Å²) in [5, 5.41) is 14.1. The summed E-state index contributed by atoms with van der Waals surface area (Å²) in [5.74, 6) is 0.610. The number of nitrogens with zero attached hydrogens (tertiary/aromatic N) is 2. The predicted octanol–water partition coefficient (Wildman–Crippen LogP) is 1.76. The third kappa shape index (κ3) is 6.58. The Morgan fingerprint density at radius 3 is 2.90 bits per heavy atom. The van der Waals surface area contributed by atoms with Gasteiger partial charge < -0.3 is 15.0 Å². The van der Waals surface area contributed by atoms with Crippen molar-refractivity contribution in [3.63, 3.8) is 0 Å². The summed E-state index contributed by atoms with van der Waals surface area (Å²) in [6.45, 7) is 8.74. The van der Waals surface area contributed by atoms with Gasteiger partial charge in [0, 0.05) is 19.6 Å². The quantitative estimate of drug-likeness (QED) is 0.517. The van der Waals surface area contributed by atoms with Crippen LogP contribution in [0.4, 0.5) is 0 Å². The minimum absolute atomic E-state index is 0.378. The number of ether oxygens (including phenoxy) is 1. The molecule has 1 N–H and O–H groups in total. The van der Waals surface area contributed by atoms with E-state index in [0.29, 0.717) is 17.1 Å². The smallest absolute Gasteiger partial charge is 0.263 e. The highest BCUT2D eigenvalue weighted by molar-refractivity contribution is 8.02. The van der Waals surface area contributed by atoms with Crippen LogP contribution in [0.2, 0.25) is 0 Å². The molecular formula is C13H25N3O3S. The second kappa shape index (κ2) is 9.20. The van der Waals surface area contributed by atoms with E-state index in [1.807, 2.05) is 6.26 Å². The molecule has 7 heteroatoms. The molecular weight excluding hydrogens is 278 g/mol. The fourth-order valence-corrected chi connectivity index (χ4v) is 2.82. The minimum atomic E-state index is -0.423. The van der Waals surface area contributed by atoms with E-state index in [0.717, 1.165) is 45.4 Å². The summed E-state index contributed by atoms with van der Waals surface area (Å²) in [4.78, 5) is 12.4. The third-order valence-corrected chi connectivity index (χ3v) is 4.10. The van der Waals surface area contributed by atoms with Crippen LogP contribution >= 0.6 is 11.8 Å². The molecule has 2 atom stereocenters. The van der Waals surface area contributed by atoms with Crippen LogP contribution in [0.25, 0.3) is 0 Å². The first kappa shape index (κ1) is 17.3. The highest BCUT2D eigenvalue weighted by atomic mass is 32.2. The topological polar surface area (TPSA) is 67.6 Å². The highest BCUT2D eigenvalue weighted by Crippen LogP contribution is 2.19. The molecule has 0 aliphatic carbocycles. The van der Waals surface area contributed by atoms with Crippen molar-refractivity contribution in [2.24, 2.45) is 5.92 Å². The largest absolute Gasteiger partial charge is 0.378 e. The fraction of sp³-hybridized carbons (Fsp3) is 0.846. The zero-order valence-corrected chi connectivity index (χ0v) is 13.3. The van der Waals surface area contributed by atoms with Gasteiger partial charge in [-0.05, 0) is 32.1 Å². The maximum absolute atomic E-state index is 10.4. The number of rotatable bonds is 9. The Morgan fingerprint density at radius 2 is 2.40 bits per heavy atom. The fourth-order valence-electron chi connectivity index (χ4n) is 2.38. The van der Waals surface area contributed by atoms with E-state index in [4.69, 9.17) is 4.74 Å². The van der Waals surface area contributed by atoms with Gasteiger partial charge in [-0.15, -0.1) is 11.8 Å². The molecule has 0 spiro atoms. The molecule has 2 unspecified atom stereocenters. The lowest BCUT2D eigenvalue weighted by molar-refractivity contribution is -0.403. The predicted molar refractivity (Wildman–Crippen MR) is 82.2 cm³/mol. The summed E-state index contributed by atoms with van der Waals surface area (Å²) in [6.07, 6.45) is 4.36. The molecule has 0 bridgehead atoms. The summed E-state index contributed by atoms with van der Waals surface area (Å²) >= 11 is 1.36. The molecule has 0 aromatic carbocycles. The van der Waals surface area contributed by atoms with Gasteiger partial charge in [-0.3, -0.25) is 10.1 Å². The third-order valence-electron chi connectivity index (χ3n) is 3.42. The van der Waals surface area contributed by atoms with E-state index in [-0.39, 0.29) is 0 Å². The highest BCUT2D eigenvalue weighted by Gasteiger charge is 2.23. The lowest BCUT2D eigenvalue weighted by Crippen LogP contribution is -2.35. The van der Waals surface area contributed by atoms with Crippen LogP contribution in [0.15, 0.2) is 11.2 Å². The van der Waals surface area contributed by atoms with Gasteiger partial charge in [-0.1, -0.05) is 6.92 Å². The van der Waals surface area contributed by atoms with Crippen LogP contribution < -0.4 is 5.32 Å². The lowest BCUT2D eigenvalue weighted by atomic mass is 10.1. The van der Waals surface area contributed by atoms with E-state index in [9.17, 15) is 10.1 Å². The van der Waals surface area contributed by atoms with Gasteiger partial charge in [0.15, 0.2) is 0 Å². The Balaban J connectivity index is 2.28. The van der Waals surface area contributed by atoms with Crippen LogP contribution in [-0.4, -0.2) is 55.0 Å². The van der Waals surface area contributed by atoms with Gasteiger partial charge in [0.25, 0.3) is 6.20 Å². The van der Waals surface area contributed by atoms with Crippen molar-refractivity contribution in [2.45, 2.75) is 26.4 Å². The Bertz CT molecular complexity index is 339. The maximum atomic E-state index is 10.4. The second-order valence-corrected chi connectivity index (χ2v) is 5.90. The molecule has 0 aromatic rings. The lowest BCUT2D eigenvalue weighted by Gasteiger charge is -2.23. The van der Waals surface area contributed by atoms with E-state index < -0.39 is 4.92 Å². The normalized spacial score (nSPS) is 23.3. The number of likely N-dealkylation sites (N-methyl/N-ethyl adjacent to an activating group) is 1. The first-order valence-corrected chi connectivity index (χ1v) is 8.24. The van der Waals surface area contributed by atoms with Gasteiger partial charge in [0.05, 0.1) is 17.6 Å². The van der Waals surface area contributed by atoms with E-state index in [2.05, 4.69) is 24.1 Å². The molecule has 0 radical (unpaired) electrons. The van der Waals surface area contributed by atoms with Crippen LogP contribution in [0.1, 0.15) is 20.3 Å². The summed E-state index contributed by atoms with van der Waals surface area (Å²) in [7, 11) is 0. The molecule has 0 saturated carbocycles. The zero-order valence-electron chi connectivity index (χ0n) is 12.5. The number of hydrogen-bond donors (Lipinski definition) is 1. The Morgan fingerprint density at radius 1 is 1.65 bits per heavy atom. The molecule has 1 rings (SSSR count). The molecule has 20 heavy (non-hydrogen) atoms. The van der Waals surface area contributed by atoms with Crippen LogP contribution in [0.5, 0.6) is 0 Å². The van der Waals surface area contributed by atoms with E-state index in [1.165, 1.54) is 11.8 Å². The van der Waals surface area contributed by atoms with Crippen molar-refractivity contribution in [3.05, 3.63) is 21.3 Å². The van der Waals surface area contributed by atoms with Gasteiger partial charge >= 0.3 is 0 Å². The Labute approximate surface area is 125 Å². The van der Waals surface area contributed by atoms with Crippen LogP contribution in [-0.2, 0) is 4.74 Å². The van der Waals surface area contributed by atoms with E-state index >= 15 is 0 Å². The first-order chi connectivity index (χ1) is 9.55. The summed E-state index contributed by atoms with van der Waals surface area (Å²) in [5.41, 5.74) is 0. The van der Waals surface area contributed by atoms with Gasteiger partial charge in [-0.2, -0.15) is 0 Å². The van der Waals surface area contributed by atoms with Crippen molar-refractivity contribution < 1.29 is 9.66 Å². The Kier molecular flexibility index (Phi) is 7.94. The van der Waals surface area contributed by atoms with Crippen molar-refractivity contribution in [2.75, 3.05) is 39.0 Å². The minimum Gasteiger partial charge on any atom is -0.378 e.